The molecule has 2 aromatic carbocycles. The van der Waals surface area contributed by atoms with Crippen molar-refractivity contribution in [1.82, 2.24) is 0 Å². The van der Waals surface area contributed by atoms with Crippen LogP contribution in [0.15, 0.2) is 42.5 Å². The van der Waals surface area contributed by atoms with Crippen molar-refractivity contribution in [1.29, 1.82) is 0 Å². The Kier molecular flexibility index (Phi) is 4.86. The number of aryl methyl sites for hydroxylation is 1. The van der Waals surface area contributed by atoms with Gasteiger partial charge in [-0.3, -0.25) is 0 Å². The first-order valence-electron chi connectivity index (χ1n) is 6.83. The van der Waals surface area contributed by atoms with Crippen LogP contribution in [0.25, 0.3) is 0 Å². The first-order chi connectivity index (χ1) is 10.0. The summed E-state index contributed by atoms with van der Waals surface area (Å²) in [5, 5.41) is 9.42. The van der Waals surface area contributed by atoms with Gasteiger partial charge >= 0.3 is 5.97 Å². The molecule has 4 heteroatoms. The molecule has 0 saturated carbocycles. The van der Waals surface area contributed by atoms with E-state index in [1.807, 2.05) is 7.05 Å². The zero-order chi connectivity index (χ0) is 15.4. The van der Waals surface area contributed by atoms with E-state index >= 15 is 0 Å². The molecule has 110 valence electrons. The minimum atomic E-state index is -0.966. The highest BCUT2D eigenvalue weighted by molar-refractivity contribution is 6.31. The van der Waals surface area contributed by atoms with Crippen molar-refractivity contribution in [2.45, 2.75) is 19.9 Å². The van der Waals surface area contributed by atoms with Gasteiger partial charge in [-0.15, -0.1) is 0 Å². The second-order valence-electron chi connectivity index (χ2n) is 4.99. The summed E-state index contributed by atoms with van der Waals surface area (Å²) in [4.78, 5) is 13.0. The van der Waals surface area contributed by atoms with Crippen LogP contribution in [-0.2, 0) is 13.0 Å². The van der Waals surface area contributed by atoms with Gasteiger partial charge in [0.2, 0.25) is 0 Å². The highest BCUT2D eigenvalue weighted by Crippen LogP contribution is 2.22. The van der Waals surface area contributed by atoms with E-state index in [0.717, 1.165) is 17.7 Å². The lowest BCUT2D eigenvalue weighted by molar-refractivity contribution is 0.0697. The van der Waals surface area contributed by atoms with Crippen LogP contribution >= 0.6 is 11.6 Å². The number of carbonyl (C=O) groups is 1. The van der Waals surface area contributed by atoms with E-state index in [4.69, 9.17) is 16.7 Å². The van der Waals surface area contributed by atoms with Gasteiger partial charge in [-0.1, -0.05) is 36.7 Å². The predicted octanol–water partition coefficient (Wildman–Crippen LogP) is 4.24. The molecule has 0 bridgehead atoms. The number of aromatic carboxylic acids is 1. The summed E-state index contributed by atoms with van der Waals surface area (Å²) in [7, 11) is 1.99. The summed E-state index contributed by atoms with van der Waals surface area (Å²) in [6, 6.07) is 13.2. The van der Waals surface area contributed by atoms with Crippen molar-refractivity contribution in [2.75, 3.05) is 11.9 Å². The van der Waals surface area contributed by atoms with Crippen molar-refractivity contribution in [3.8, 4) is 0 Å². The maximum Gasteiger partial charge on any atom is 0.335 e. The zero-order valence-electron chi connectivity index (χ0n) is 12.1. The maximum atomic E-state index is 10.9. The molecule has 21 heavy (non-hydrogen) atoms. The first-order valence-corrected chi connectivity index (χ1v) is 7.21. The molecule has 0 aliphatic rings. The molecular weight excluding hydrogens is 286 g/mol. The Balaban J connectivity index is 2.14. The smallest absolute Gasteiger partial charge is 0.335 e. The molecule has 0 radical (unpaired) electrons. The summed E-state index contributed by atoms with van der Waals surface area (Å²) in [6.45, 7) is 2.76. The molecular formula is C17H18ClNO2. The number of rotatable bonds is 5. The second-order valence-corrected chi connectivity index (χ2v) is 5.39. The number of anilines is 1. The molecule has 0 aliphatic heterocycles. The van der Waals surface area contributed by atoms with E-state index in [-0.39, 0.29) is 5.56 Å². The van der Waals surface area contributed by atoms with Gasteiger partial charge in [0.25, 0.3) is 0 Å². The molecule has 0 aliphatic carbocycles. The summed E-state index contributed by atoms with van der Waals surface area (Å²) in [6.07, 6.45) is 1.02. The van der Waals surface area contributed by atoms with Crippen LogP contribution < -0.4 is 4.90 Å². The lowest BCUT2D eigenvalue weighted by atomic mass is 10.1. The van der Waals surface area contributed by atoms with E-state index in [9.17, 15) is 4.79 Å². The second kappa shape index (κ2) is 6.64. The van der Waals surface area contributed by atoms with Crippen molar-refractivity contribution >= 4 is 23.3 Å². The van der Waals surface area contributed by atoms with Crippen molar-refractivity contribution < 1.29 is 9.90 Å². The highest BCUT2D eigenvalue weighted by atomic mass is 35.5. The molecule has 0 heterocycles. The Hall–Kier alpha value is -2.00. The minimum absolute atomic E-state index is 0.207. The largest absolute Gasteiger partial charge is 0.478 e. The molecule has 1 N–H and O–H groups in total. The van der Waals surface area contributed by atoms with Gasteiger partial charge in [-0.05, 0) is 41.8 Å². The molecule has 0 spiro atoms. The molecule has 3 nitrogen and oxygen atoms in total. The number of nitrogens with zero attached hydrogens (tertiary/aromatic N) is 1. The lowest BCUT2D eigenvalue weighted by Crippen LogP contribution is -2.16. The summed E-state index contributed by atoms with van der Waals surface area (Å²) in [5.41, 5.74) is 3.52. The van der Waals surface area contributed by atoms with Crippen molar-refractivity contribution in [2.24, 2.45) is 0 Å². The van der Waals surface area contributed by atoms with E-state index < -0.39 is 5.97 Å². The third-order valence-electron chi connectivity index (χ3n) is 3.49. The Bertz CT molecular complexity index is 638. The fourth-order valence-electron chi connectivity index (χ4n) is 2.14. The van der Waals surface area contributed by atoms with Gasteiger partial charge in [0.1, 0.15) is 0 Å². The van der Waals surface area contributed by atoms with Crippen LogP contribution in [0.5, 0.6) is 0 Å². The van der Waals surface area contributed by atoms with Crippen LogP contribution in [0.1, 0.15) is 28.4 Å². The first kappa shape index (κ1) is 15.4. The summed E-state index contributed by atoms with van der Waals surface area (Å²) in [5.74, 6) is -0.966. The number of benzene rings is 2. The van der Waals surface area contributed by atoms with Crippen LogP contribution in [0.4, 0.5) is 5.69 Å². The molecule has 0 amide bonds. The third-order valence-corrected chi connectivity index (χ3v) is 3.84. The average Bonchev–Trinajstić information content (AvgIpc) is 2.49. The molecule has 2 rings (SSSR count). The van der Waals surface area contributed by atoms with Gasteiger partial charge in [0, 0.05) is 24.3 Å². The van der Waals surface area contributed by atoms with Crippen LogP contribution in [0.2, 0.25) is 5.02 Å². The van der Waals surface area contributed by atoms with Crippen molar-refractivity contribution in [3.05, 3.63) is 64.2 Å². The number of carboxylic acids is 1. The van der Waals surface area contributed by atoms with Crippen LogP contribution in [0, 0.1) is 0 Å². The monoisotopic (exact) mass is 303 g/mol. The molecule has 0 atom stereocenters. The van der Waals surface area contributed by atoms with E-state index in [2.05, 4.69) is 36.1 Å². The highest BCUT2D eigenvalue weighted by Gasteiger charge is 2.09. The molecule has 0 unspecified atom stereocenters. The van der Waals surface area contributed by atoms with Crippen LogP contribution in [0.3, 0.4) is 0 Å². The van der Waals surface area contributed by atoms with Crippen LogP contribution in [-0.4, -0.2) is 18.1 Å². The summed E-state index contributed by atoms with van der Waals surface area (Å²) < 4.78 is 0. The minimum Gasteiger partial charge on any atom is -0.478 e. The topological polar surface area (TPSA) is 40.5 Å². The van der Waals surface area contributed by atoms with Gasteiger partial charge in [0.15, 0.2) is 0 Å². The lowest BCUT2D eigenvalue weighted by Gasteiger charge is -2.20. The van der Waals surface area contributed by atoms with E-state index in [1.165, 1.54) is 11.6 Å². The third kappa shape index (κ3) is 3.76. The van der Waals surface area contributed by atoms with E-state index in [1.54, 1.807) is 12.1 Å². The Morgan fingerprint density at radius 3 is 2.38 bits per heavy atom. The molecule has 0 saturated heterocycles. The van der Waals surface area contributed by atoms with Gasteiger partial charge in [-0.2, -0.15) is 0 Å². The number of halogens is 1. The molecule has 0 aromatic heterocycles. The fourth-order valence-corrected chi connectivity index (χ4v) is 2.38. The quantitative estimate of drug-likeness (QED) is 0.898. The fraction of sp³-hybridized carbons (Fsp3) is 0.235. The standard InChI is InChI=1S/C17H18ClNO2/c1-3-12-4-8-15(9-5-12)19(2)11-14-7-6-13(17(20)21)10-16(14)18/h4-10H,3,11H2,1-2H3,(H,20,21). The molecule has 0 fully saturated rings. The maximum absolute atomic E-state index is 10.9. The summed E-state index contributed by atoms with van der Waals surface area (Å²) >= 11 is 6.16. The zero-order valence-corrected chi connectivity index (χ0v) is 12.9. The Morgan fingerprint density at radius 1 is 1.19 bits per heavy atom. The average molecular weight is 304 g/mol. The SMILES string of the molecule is CCc1ccc(N(C)Cc2ccc(C(=O)O)cc2Cl)cc1. The van der Waals surface area contributed by atoms with Gasteiger partial charge in [-0.25, -0.2) is 4.79 Å². The van der Waals surface area contributed by atoms with Gasteiger partial charge in [0.05, 0.1) is 5.56 Å². The van der Waals surface area contributed by atoms with Gasteiger partial charge < -0.3 is 10.0 Å². The predicted molar refractivity (Wildman–Crippen MR) is 86.3 cm³/mol. The number of carboxylic acid groups (broad SMARTS) is 1. The normalized spacial score (nSPS) is 10.4. The Morgan fingerprint density at radius 2 is 1.86 bits per heavy atom. The van der Waals surface area contributed by atoms with Crippen molar-refractivity contribution in [3.63, 3.8) is 0 Å². The number of hydrogen-bond donors (Lipinski definition) is 1. The number of hydrogen-bond acceptors (Lipinski definition) is 2. The molecule has 2 aromatic rings. The Labute approximate surface area is 129 Å². The van der Waals surface area contributed by atoms with E-state index in [0.29, 0.717) is 11.6 Å².